The first kappa shape index (κ1) is 9.28. The highest BCUT2D eigenvalue weighted by molar-refractivity contribution is 5.84. The normalized spacial score (nSPS) is 13.4. The summed E-state index contributed by atoms with van der Waals surface area (Å²) in [6.07, 6.45) is 0. The summed E-state index contributed by atoms with van der Waals surface area (Å²) in [7, 11) is 0. The van der Waals surface area contributed by atoms with E-state index in [4.69, 9.17) is 5.73 Å². The van der Waals surface area contributed by atoms with Crippen LogP contribution in [0.2, 0.25) is 0 Å². The lowest BCUT2D eigenvalue weighted by molar-refractivity contribution is 0.748. The predicted molar refractivity (Wildman–Crippen MR) is 60.5 cm³/mol. The molecule has 2 heteroatoms. The Balaban J connectivity index is 2.62. The summed E-state index contributed by atoms with van der Waals surface area (Å²) < 4.78 is 0. The molecule has 1 aromatic heterocycles. The molecule has 1 atom stereocenters. The van der Waals surface area contributed by atoms with Crippen molar-refractivity contribution in [3.63, 3.8) is 0 Å². The second-order valence-electron chi connectivity index (χ2n) is 3.85. The Kier molecular flexibility index (Phi) is 2.30. The molecule has 0 aliphatic rings. The molecule has 0 spiro atoms. The second kappa shape index (κ2) is 3.46. The molecule has 2 rings (SSSR count). The standard InChI is InChI=1S/C12H16N2/c1-8(7-13)12-9(2)10-5-3-4-6-11(10)14-12/h3-6,8,14H,7,13H2,1-2H3. The minimum Gasteiger partial charge on any atom is -0.358 e. The Morgan fingerprint density at radius 3 is 2.71 bits per heavy atom. The Bertz CT molecular complexity index is 443. The molecule has 2 aromatic rings. The van der Waals surface area contributed by atoms with E-state index in [1.165, 1.54) is 22.2 Å². The van der Waals surface area contributed by atoms with Gasteiger partial charge in [-0.1, -0.05) is 25.1 Å². The number of rotatable bonds is 2. The van der Waals surface area contributed by atoms with E-state index < -0.39 is 0 Å². The molecule has 1 aromatic carbocycles. The first-order valence-electron chi connectivity index (χ1n) is 5.01. The molecule has 0 aliphatic heterocycles. The fourth-order valence-electron chi connectivity index (χ4n) is 1.91. The van der Waals surface area contributed by atoms with Crippen LogP contribution in [-0.4, -0.2) is 11.5 Å². The summed E-state index contributed by atoms with van der Waals surface area (Å²) in [4.78, 5) is 3.43. The quantitative estimate of drug-likeness (QED) is 0.747. The van der Waals surface area contributed by atoms with Gasteiger partial charge in [0.05, 0.1) is 0 Å². The fraction of sp³-hybridized carbons (Fsp3) is 0.333. The maximum absolute atomic E-state index is 5.67. The molecule has 3 N–H and O–H groups in total. The van der Waals surface area contributed by atoms with E-state index in [-0.39, 0.29) is 0 Å². The Labute approximate surface area is 84.1 Å². The van der Waals surface area contributed by atoms with Crippen molar-refractivity contribution in [1.82, 2.24) is 4.98 Å². The number of para-hydroxylation sites is 1. The number of nitrogens with one attached hydrogen (secondary N) is 1. The zero-order valence-electron chi connectivity index (χ0n) is 8.67. The SMILES string of the molecule is Cc1c(C(C)CN)[nH]c2ccccc12. The van der Waals surface area contributed by atoms with Crippen LogP contribution in [0.15, 0.2) is 24.3 Å². The number of aromatic nitrogens is 1. The van der Waals surface area contributed by atoms with Gasteiger partial charge in [-0.25, -0.2) is 0 Å². The van der Waals surface area contributed by atoms with Gasteiger partial charge < -0.3 is 10.7 Å². The molecule has 2 nitrogen and oxygen atoms in total. The number of fused-ring (bicyclic) bond motifs is 1. The summed E-state index contributed by atoms with van der Waals surface area (Å²) in [6.45, 7) is 4.99. The van der Waals surface area contributed by atoms with Crippen LogP contribution in [0, 0.1) is 6.92 Å². The highest BCUT2D eigenvalue weighted by atomic mass is 14.7. The van der Waals surface area contributed by atoms with Gasteiger partial charge >= 0.3 is 0 Å². The smallest absolute Gasteiger partial charge is 0.0458 e. The van der Waals surface area contributed by atoms with Crippen LogP contribution < -0.4 is 5.73 Å². The second-order valence-corrected chi connectivity index (χ2v) is 3.85. The van der Waals surface area contributed by atoms with E-state index in [0.717, 1.165) is 0 Å². The summed E-state index contributed by atoms with van der Waals surface area (Å²) in [5.74, 6) is 0.405. The van der Waals surface area contributed by atoms with Gasteiger partial charge in [0.25, 0.3) is 0 Å². The van der Waals surface area contributed by atoms with Crippen molar-refractivity contribution in [1.29, 1.82) is 0 Å². The average molecular weight is 188 g/mol. The zero-order valence-corrected chi connectivity index (χ0v) is 8.67. The highest BCUT2D eigenvalue weighted by Crippen LogP contribution is 2.25. The summed E-state index contributed by atoms with van der Waals surface area (Å²) in [6, 6.07) is 8.37. The largest absolute Gasteiger partial charge is 0.358 e. The molecule has 0 radical (unpaired) electrons. The molecule has 1 unspecified atom stereocenters. The van der Waals surface area contributed by atoms with Crippen LogP contribution in [0.3, 0.4) is 0 Å². The first-order chi connectivity index (χ1) is 6.74. The monoisotopic (exact) mass is 188 g/mol. The van der Waals surface area contributed by atoms with Gasteiger partial charge in [0.1, 0.15) is 0 Å². The molecule has 1 heterocycles. The van der Waals surface area contributed by atoms with E-state index >= 15 is 0 Å². The van der Waals surface area contributed by atoms with Crippen molar-refractivity contribution in [2.24, 2.45) is 5.73 Å². The number of benzene rings is 1. The van der Waals surface area contributed by atoms with Gasteiger partial charge in [0.15, 0.2) is 0 Å². The van der Waals surface area contributed by atoms with Crippen LogP contribution in [0.1, 0.15) is 24.1 Å². The minimum absolute atomic E-state index is 0.405. The number of H-pyrrole nitrogens is 1. The van der Waals surface area contributed by atoms with Crippen molar-refractivity contribution in [3.05, 3.63) is 35.5 Å². The van der Waals surface area contributed by atoms with Crippen LogP contribution in [0.5, 0.6) is 0 Å². The van der Waals surface area contributed by atoms with Crippen molar-refractivity contribution >= 4 is 10.9 Å². The molecule has 74 valence electrons. The van der Waals surface area contributed by atoms with Gasteiger partial charge in [-0.3, -0.25) is 0 Å². The Hall–Kier alpha value is -1.28. The molecule has 0 bridgehead atoms. The van der Waals surface area contributed by atoms with E-state index in [2.05, 4.69) is 43.1 Å². The third-order valence-corrected chi connectivity index (χ3v) is 2.85. The van der Waals surface area contributed by atoms with Crippen molar-refractivity contribution in [2.75, 3.05) is 6.54 Å². The van der Waals surface area contributed by atoms with E-state index in [1.807, 2.05) is 0 Å². The number of aromatic amines is 1. The fourth-order valence-corrected chi connectivity index (χ4v) is 1.91. The van der Waals surface area contributed by atoms with Gasteiger partial charge in [-0.15, -0.1) is 0 Å². The maximum Gasteiger partial charge on any atom is 0.0458 e. The van der Waals surface area contributed by atoms with Crippen LogP contribution in [0.25, 0.3) is 10.9 Å². The first-order valence-corrected chi connectivity index (χ1v) is 5.01. The highest BCUT2D eigenvalue weighted by Gasteiger charge is 2.11. The van der Waals surface area contributed by atoms with Crippen molar-refractivity contribution in [3.8, 4) is 0 Å². The number of nitrogens with two attached hydrogens (primary N) is 1. The van der Waals surface area contributed by atoms with Gasteiger partial charge in [0.2, 0.25) is 0 Å². The Morgan fingerprint density at radius 1 is 1.36 bits per heavy atom. The van der Waals surface area contributed by atoms with E-state index in [9.17, 15) is 0 Å². The minimum atomic E-state index is 0.405. The van der Waals surface area contributed by atoms with Gasteiger partial charge in [-0.05, 0) is 18.6 Å². The maximum atomic E-state index is 5.67. The summed E-state index contributed by atoms with van der Waals surface area (Å²) >= 11 is 0. The van der Waals surface area contributed by atoms with Crippen LogP contribution >= 0.6 is 0 Å². The lowest BCUT2D eigenvalue weighted by Crippen LogP contribution is -2.10. The molecule has 0 fully saturated rings. The third kappa shape index (κ3) is 1.32. The van der Waals surface area contributed by atoms with E-state index in [1.54, 1.807) is 0 Å². The molecule has 0 saturated carbocycles. The summed E-state index contributed by atoms with van der Waals surface area (Å²) in [5.41, 5.74) is 9.49. The molecule has 0 aliphatic carbocycles. The Morgan fingerprint density at radius 2 is 2.07 bits per heavy atom. The lowest BCUT2D eigenvalue weighted by atomic mass is 10.0. The van der Waals surface area contributed by atoms with Crippen LogP contribution in [0.4, 0.5) is 0 Å². The summed E-state index contributed by atoms with van der Waals surface area (Å²) in [5, 5.41) is 1.31. The van der Waals surface area contributed by atoms with Crippen LogP contribution in [-0.2, 0) is 0 Å². The molecule has 14 heavy (non-hydrogen) atoms. The lowest BCUT2D eigenvalue weighted by Gasteiger charge is -2.06. The zero-order chi connectivity index (χ0) is 10.1. The third-order valence-electron chi connectivity index (χ3n) is 2.85. The predicted octanol–water partition coefficient (Wildman–Crippen LogP) is 2.54. The van der Waals surface area contributed by atoms with Gasteiger partial charge in [0, 0.05) is 29.1 Å². The number of aryl methyl sites for hydroxylation is 1. The topological polar surface area (TPSA) is 41.8 Å². The van der Waals surface area contributed by atoms with Crippen molar-refractivity contribution < 1.29 is 0 Å². The molecule has 0 saturated heterocycles. The molecular weight excluding hydrogens is 172 g/mol. The van der Waals surface area contributed by atoms with E-state index in [0.29, 0.717) is 12.5 Å². The average Bonchev–Trinajstić information content (AvgIpc) is 2.56. The molecule has 0 amide bonds. The molecular formula is C12H16N2. The number of hydrogen-bond acceptors (Lipinski definition) is 1. The van der Waals surface area contributed by atoms with Crippen molar-refractivity contribution in [2.45, 2.75) is 19.8 Å². The van der Waals surface area contributed by atoms with Gasteiger partial charge in [-0.2, -0.15) is 0 Å². The number of hydrogen-bond donors (Lipinski definition) is 2.